The van der Waals surface area contributed by atoms with Gasteiger partial charge in [-0.05, 0) is 12.1 Å². The van der Waals surface area contributed by atoms with E-state index in [0.29, 0.717) is 0 Å². The summed E-state index contributed by atoms with van der Waals surface area (Å²) in [6, 6.07) is 17.8. The second kappa shape index (κ2) is 9.95. The van der Waals surface area contributed by atoms with Crippen molar-refractivity contribution in [3.63, 3.8) is 0 Å². The average Bonchev–Trinajstić information content (AvgIpc) is 2.41. The van der Waals surface area contributed by atoms with Gasteiger partial charge in [0.1, 0.15) is 11.3 Å². The standard InChI is InChI=1S/C7H6O3.C6H6.CH2O3/c8-6-4-2-1-3-5(6)7(9)10;1-2-4-6-5-3-1;2-1(3)4/h1-4,8H,(H,9,10);1-6H;(H2,2,3,4). The third kappa shape index (κ3) is 9.06. The summed E-state index contributed by atoms with van der Waals surface area (Å²) in [7, 11) is 0. The molecule has 0 saturated carbocycles. The molecule has 106 valence electrons. The Bertz CT molecular complexity index is 493. The number of carboxylic acid groups (broad SMARTS) is 3. The summed E-state index contributed by atoms with van der Waals surface area (Å²) in [5.74, 6) is -1.31. The molecule has 2 aromatic carbocycles. The van der Waals surface area contributed by atoms with Crippen LogP contribution in [-0.4, -0.2) is 32.6 Å². The Balaban J connectivity index is 0.000000307. The molecule has 2 rings (SSSR count). The molecule has 0 fully saturated rings. The fourth-order valence-corrected chi connectivity index (χ4v) is 1.04. The summed E-state index contributed by atoms with van der Waals surface area (Å²) in [5, 5.41) is 31.3. The van der Waals surface area contributed by atoms with Crippen LogP contribution in [0.3, 0.4) is 0 Å². The molecule has 0 heterocycles. The Morgan fingerprint density at radius 3 is 1.30 bits per heavy atom. The molecule has 0 saturated heterocycles. The second-order valence-corrected chi connectivity index (χ2v) is 3.26. The topological polar surface area (TPSA) is 115 Å². The molecule has 4 N–H and O–H groups in total. The van der Waals surface area contributed by atoms with E-state index in [1.54, 1.807) is 12.1 Å². The summed E-state index contributed by atoms with van der Waals surface area (Å²) in [6.07, 6.45) is -1.83. The van der Waals surface area contributed by atoms with Crippen molar-refractivity contribution in [1.82, 2.24) is 0 Å². The van der Waals surface area contributed by atoms with Gasteiger partial charge in [-0.25, -0.2) is 9.59 Å². The van der Waals surface area contributed by atoms with Crippen LogP contribution in [0.5, 0.6) is 5.75 Å². The maximum Gasteiger partial charge on any atom is 0.503 e. The molecule has 0 atom stereocenters. The van der Waals surface area contributed by atoms with Crippen molar-refractivity contribution in [2.45, 2.75) is 0 Å². The molecule has 6 nitrogen and oxygen atoms in total. The zero-order chi connectivity index (χ0) is 15.4. The van der Waals surface area contributed by atoms with Gasteiger partial charge < -0.3 is 20.4 Å². The number of aromatic carboxylic acids is 1. The third-order valence-corrected chi connectivity index (χ3v) is 1.80. The normalized spacial score (nSPS) is 8.20. The summed E-state index contributed by atoms with van der Waals surface area (Å²) in [6.45, 7) is 0. The number of para-hydroxylation sites is 1. The lowest BCUT2D eigenvalue weighted by molar-refractivity contribution is 0.0693. The van der Waals surface area contributed by atoms with Gasteiger partial charge >= 0.3 is 12.1 Å². The van der Waals surface area contributed by atoms with Gasteiger partial charge in [0, 0.05) is 0 Å². The molecule has 20 heavy (non-hydrogen) atoms. The van der Waals surface area contributed by atoms with E-state index in [2.05, 4.69) is 0 Å². The van der Waals surface area contributed by atoms with Crippen molar-refractivity contribution >= 4 is 12.1 Å². The van der Waals surface area contributed by atoms with Gasteiger partial charge in [-0.2, -0.15) is 0 Å². The summed E-state index contributed by atoms with van der Waals surface area (Å²) >= 11 is 0. The number of carbonyl (C=O) groups is 2. The van der Waals surface area contributed by atoms with E-state index in [1.807, 2.05) is 36.4 Å². The lowest BCUT2D eigenvalue weighted by Gasteiger charge is -1.95. The highest BCUT2D eigenvalue weighted by atomic mass is 16.6. The van der Waals surface area contributed by atoms with Crippen molar-refractivity contribution in [3.05, 3.63) is 66.2 Å². The summed E-state index contributed by atoms with van der Waals surface area (Å²) in [5.41, 5.74) is -0.0671. The van der Waals surface area contributed by atoms with Gasteiger partial charge in [-0.3, -0.25) is 0 Å². The quantitative estimate of drug-likeness (QED) is 0.637. The monoisotopic (exact) mass is 278 g/mol. The Morgan fingerprint density at radius 2 is 1.05 bits per heavy atom. The Kier molecular flexibility index (Phi) is 8.45. The zero-order valence-corrected chi connectivity index (χ0v) is 10.4. The maximum atomic E-state index is 10.3. The maximum absolute atomic E-state index is 10.3. The number of hydrogen-bond acceptors (Lipinski definition) is 3. The summed E-state index contributed by atoms with van der Waals surface area (Å²) in [4.78, 5) is 18.8. The molecule has 0 amide bonds. The first-order chi connectivity index (χ1) is 9.45. The molecule has 0 bridgehead atoms. The smallest absolute Gasteiger partial charge is 0.503 e. The fourth-order valence-electron chi connectivity index (χ4n) is 1.04. The molecule has 0 aliphatic heterocycles. The van der Waals surface area contributed by atoms with Gasteiger partial charge in [0.2, 0.25) is 0 Å². The minimum Gasteiger partial charge on any atom is -0.507 e. The van der Waals surface area contributed by atoms with Crippen molar-refractivity contribution in [1.29, 1.82) is 0 Å². The molecule has 0 radical (unpaired) electrons. The van der Waals surface area contributed by atoms with Crippen LogP contribution in [0.25, 0.3) is 0 Å². The van der Waals surface area contributed by atoms with Crippen LogP contribution in [0.1, 0.15) is 10.4 Å². The minimum absolute atomic E-state index is 0.0671. The van der Waals surface area contributed by atoms with E-state index in [0.717, 1.165) is 0 Å². The van der Waals surface area contributed by atoms with Gasteiger partial charge in [0.05, 0.1) is 0 Å². The SMILES string of the molecule is O=C(O)O.O=C(O)c1ccccc1O.c1ccccc1. The van der Waals surface area contributed by atoms with Crippen LogP contribution >= 0.6 is 0 Å². The molecule has 0 spiro atoms. The minimum atomic E-state index is -1.83. The number of phenols is 1. The van der Waals surface area contributed by atoms with Gasteiger partial charge in [-0.15, -0.1) is 0 Å². The molecular formula is C14H14O6. The van der Waals surface area contributed by atoms with Crippen LogP contribution in [0.15, 0.2) is 60.7 Å². The molecular weight excluding hydrogens is 264 g/mol. The first kappa shape index (κ1) is 17.0. The highest BCUT2D eigenvalue weighted by molar-refractivity contribution is 5.90. The lowest BCUT2D eigenvalue weighted by Crippen LogP contribution is -1.95. The van der Waals surface area contributed by atoms with Crippen LogP contribution in [0, 0.1) is 0 Å². The van der Waals surface area contributed by atoms with Crippen LogP contribution in [0.2, 0.25) is 0 Å². The average molecular weight is 278 g/mol. The van der Waals surface area contributed by atoms with Crippen molar-refractivity contribution < 1.29 is 30.0 Å². The first-order valence-corrected chi connectivity index (χ1v) is 5.38. The molecule has 0 aliphatic carbocycles. The number of benzene rings is 2. The van der Waals surface area contributed by atoms with Crippen LogP contribution in [0.4, 0.5) is 4.79 Å². The molecule has 6 heteroatoms. The zero-order valence-electron chi connectivity index (χ0n) is 10.4. The highest BCUT2D eigenvalue weighted by Gasteiger charge is 2.05. The molecule has 0 aromatic heterocycles. The van der Waals surface area contributed by atoms with Crippen molar-refractivity contribution in [2.75, 3.05) is 0 Å². The second-order valence-electron chi connectivity index (χ2n) is 3.26. The van der Waals surface area contributed by atoms with Gasteiger partial charge in [0.15, 0.2) is 0 Å². The van der Waals surface area contributed by atoms with E-state index < -0.39 is 12.1 Å². The number of rotatable bonds is 1. The van der Waals surface area contributed by atoms with Gasteiger partial charge in [-0.1, -0.05) is 48.5 Å². The third-order valence-electron chi connectivity index (χ3n) is 1.80. The van der Waals surface area contributed by atoms with Crippen LogP contribution < -0.4 is 0 Å². The summed E-state index contributed by atoms with van der Waals surface area (Å²) < 4.78 is 0. The van der Waals surface area contributed by atoms with E-state index in [4.69, 9.17) is 25.2 Å². The van der Waals surface area contributed by atoms with E-state index in [1.165, 1.54) is 12.1 Å². The molecule has 0 unspecified atom stereocenters. The van der Waals surface area contributed by atoms with E-state index in [-0.39, 0.29) is 11.3 Å². The fraction of sp³-hybridized carbons (Fsp3) is 0. The predicted molar refractivity (Wildman–Crippen MR) is 72.2 cm³/mol. The van der Waals surface area contributed by atoms with Crippen LogP contribution in [-0.2, 0) is 0 Å². The lowest BCUT2D eigenvalue weighted by atomic mass is 10.2. The van der Waals surface area contributed by atoms with Gasteiger partial charge in [0.25, 0.3) is 0 Å². The Hall–Kier alpha value is -3.02. The Labute approximate surface area is 115 Å². The van der Waals surface area contributed by atoms with E-state index in [9.17, 15) is 4.79 Å². The highest BCUT2D eigenvalue weighted by Crippen LogP contribution is 2.14. The largest absolute Gasteiger partial charge is 0.507 e. The van der Waals surface area contributed by atoms with E-state index >= 15 is 0 Å². The number of aromatic hydroxyl groups is 1. The molecule has 2 aromatic rings. The first-order valence-electron chi connectivity index (χ1n) is 5.38. The van der Waals surface area contributed by atoms with Crippen molar-refractivity contribution in [2.24, 2.45) is 0 Å². The Morgan fingerprint density at radius 1 is 0.700 bits per heavy atom. The molecule has 0 aliphatic rings. The number of carboxylic acids is 1. The predicted octanol–water partition coefficient (Wildman–Crippen LogP) is 3.00. The van der Waals surface area contributed by atoms with Crippen molar-refractivity contribution in [3.8, 4) is 5.75 Å². The number of hydrogen-bond donors (Lipinski definition) is 4.